The van der Waals surface area contributed by atoms with Crippen LogP contribution in [0.15, 0.2) is 30.3 Å². The van der Waals surface area contributed by atoms with Crippen LogP contribution in [-0.2, 0) is 15.1 Å². The van der Waals surface area contributed by atoms with Crippen molar-refractivity contribution in [3.05, 3.63) is 35.9 Å². The third kappa shape index (κ3) is 2.64. The van der Waals surface area contributed by atoms with Crippen molar-refractivity contribution in [3.63, 3.8) is 0 Å². The van der Waals surface area contributed by atoms with E-state index in [0.29, 0.717) is 6.54 Å². The Labute approximate surface area is 126 Å². The monoisotopic (exact) mass is 289 g/mol. The van der Waals surface area contributed by atoms with Crippen LogP contribution in [0.2, 0.25) is 0 Å². The van der Waals surface area contributed by atoms with Crippen LogP contribution in [0.1, 0.15) is 39.7 Å². The molecule has 0 saturated carbocycles. The van der Waals surface area contributed by atoms with Crippen molar-refractivity contribution in [2.75, 3.05) is 6.54 Å². The molecular weight excluding hydrogens is 266 g/mol. The summed E-state index contributed by atoms with van der Waals surface area (Å²) < 4.78 is 11.5. The van der Waals surface area contributed by atoms with Crippen LogP contribution in [-0.4, -0.2) is 35.3 Å². The first-order chi connectivity index (χ1) is 9.82. The van der Waals surface area contributed by atoms with Gasteiger partial charge in [-0.3, -0.25) is 0 Å². The molecule has 2 aliphatic rings. The number of carbonyl (C=O) groups is 1. The molecule has 0 N–H and O–H groups in total. The summed E-state index contributed by atoms with van der Waals surface area (Å²) in [7, 11) is 0. The molecule has 3 atom stereocenters. The molecule has 0 aromatic heterocycles. The lowest BCUT2D eigenvalue weighted by molar-refractivity contribution is 0.0121. The van der Waals surface area contributed by atoms with Gasteiger partial charge in [0.05, 0.1) is 6.54 Å². The lowest BCUT2D eigenvalue weighted by Crippen LogP contribution is -2.49. The summed E-state index contributed by atoms with van der Waals surface area (Å²) in [4.78, 5) is 14.1. The lowest BCUT2D eigenvalue weighted by atomic mass is 9.85. The van der Waals surface area contributed by atoms with Crippen LogP contribution in [0, 0.1) is 0 Å². The van der Waals surface area contributed by atoms with Gasteiger partial charge in [0.25, 0.3) is 0 Å². The Hall–Kier alpha value is -1.55. The fraction of sp³-hybridized carbons (Fsp3) is 0.588. The maximum Gasteiger partial charge on any atom is 0.410 e. The summed E-state index contributed by atoms with van der Waals surface area (Å²) >= 11 is 0. The second-order valence-electron chi connectivity index (χ2n) is 7.05. The number of piperidine rings is 1. The Balaban J connectivity index is 1.72. The van der Waals surface area contributed by atoms with E-state index in [4.69, 9.17) is 9.47 Å². The largest absolute Gasteiger partial charge is 0.444 e. The molecule has 2 fully saturated rings. The van der Waals surface area contributed by atoms with Crippen molar-refractivity contribution < 1.29 is 14.3 Å². The number of amides is 1. The molecule has 0 radical (unpaired) electrons. The zero-order valence-electron chi connectivity index (χ0n) is 13.1. The number of carbonyl (C=O) groups excluding carboxylic acids is 1. The second kappa shape index (κ2) is 4.73. The molecule has 4 nitrogen and oxygen atoms in total. The van der Waals surface area contributed by atoms with E-state index < -0.39 is 5.60 Å². The maximum atomic E-state index is 12.3. The number of likely N-dealkylation sites (tertiary alicyclic amines) is 1. The molecule has 4 heteroatoms. The zero-order valence-corrected chi connectivity index (χ0v) is 13.1. The number of ether oxygens (including phenoxy) is 2. The van der Waals surface area contributed by atoms with E-state index in [2.05, 4.69) is 19.1 Å². The molecule has 0 bridgehead atoms. The van der Waals surface area contributed by atoms with Crippen LogP contribution < -0.4 is 0 Å². The van der Waals surface area contributed by atoms with Crippen molar-refractivity contribution in [2.45, 2.75) is 57.5 Å². The van der Waals surface area contributed by atoms with E-state index in [1.165, 1.54) is 5.56 Å². The zero-order chi connectivity index (χ0) is 15.3. The average Bonchev–Trinajstić information content (AvgIpc) is 3.11. The van der Waals surface area contributed by atoms with Gasteiger partial charge in [-0.15, -0.1) is 0 Å². The van der Waals surface area contributed by atoms with Crippen molar-refractivity contribution in [1.29, 1.82) is 0 Å². The minimum Gasteiger partial charge on any atom is -0.444 e. The fourth-order valence-corrected chi connectivity index (χ4v) is 3.16. The highest BCUT2D eigenvalue weighted by Crippen LogP contribution is 2.53. The molecule has 21 heavy (non-hydrogen) atoms. The normalized spacial score (nSPS) is 31.5. The summed E-state index contributed by atoms with van der Waals surface area (Å²) in [5, 5.41) is 0. The first kappa shape index (κ1) is 14.4. The van der Waals surface area contributed by atoms with Crippen molar-refractivity contribution in [2.24, 2.45) is 0 Å². The smallest absolute Gasteiger partial charge is 0.410 e. The quantitative estimate of drug-likeness (QED) is 0.745. The van der Waals surface area contributed by atoms with Crippen LogP contribution in [0.4, 0.5) is 4.79 Å². The van der Waals surface area contributed by atoms with Gasteiger partial charge in [-0.05, 0) is 33.3 Å². The molecule has 1 aromatic rings. The molecule has 1 amide bonds. The minimum absolute atomic E-state index is 0.0867. The van der Waals surface area contributed by atoms with Gasteiger partial charge in [0, 0.05) is 12.5 Å². The average molecular weight is 289 g/mol. The van der Waals surface area contributed by atoms with Gasteiger partial charge in [-0.25, -0.2) is 4.79 Å². The van der Waals surface area contributed by atoms with Crippen molar-refractivity contribution in [3.8, 4) is 0 Å². The second-order valence-corrected chi connectivity index (χ2v) is 7.05. The highest BCUT2D eigenvalue weighted by molar-refractivity contribution is 5.69. The van der Waals surface area contributed by atoms with E-state index in [9.17, 15) is 4.79 Å². The van der Waals surface area contributed by atoms with Crippen LogP contribution >= 0.6 is 0 Å². The summed E-state index contributed by atoms with van der Waals surface area (Å²) in [6.45, 7) is 8.34. The Morgan fingerprint density at radius 2 is 2.00 bits per heavy atom. The third-order valence-corrected chi connectivity index (χ3v) is 4.20. The van der Waals surface area contributed by atoms with Gasteiger partial charge >= 0.3 is 6.09 Å². The molecule has 2 saturated heterocycles. The first-order valence-electron chi connectivity index (χ1n) is 7.55. The summed E-state index contributed by atoms with van der Waals surface area (Å²) in [5.74, 6) is 0. The molecule has 2 aliphatic heterocycles. The van der Waals surface area contributed by atoms with E-state index in [-0.39, 0.29) is 23.8 Å². The maximum absolute atomic E-state index is 12.3. The van der Waals surface area contributed by atoms with E-state index >= 15 is 0 Å². The minimum atomic E-state index is -0.463. The fourth-order valence-electron chi connectivity index (χ4n) is 3.16. The molecular formula is C17H23NO3. The van der Waals surface area contributed by atoms with Crippen LogP contribution in [0.5, 0.6) is 0 Å². The molecule has 1 aromatic carbocycles. The topological polar surface area (TPSA) is 42.1 Å². The van der Waals surface area contributed by atoms with Gasteiger partial charge in [0.15, 0.2) is 0 Å². The summed E-state index contributed by atoms with van der Waals surface area (Å²) in [5.41, 5.74) is 0.555. The molecule has 114 valence electrons. The molecule has 0 spiro atoms. The van der Waals surface area contributed by atoms with E-state index in [1.54, 1.807) is 4.90 Å². The van der Waals surface area contributed by atoms with Crippen LogP contribution in [0.25, 0.3) is 0 Å². The summed E-state index contributed by atoms with van der Waals surface area (Å²) in [6, 6.07) is 10.4. The van der Waals surface area contributed by atoms with Crippen molar-refractivity contribution >= 4 is 6.09 Å². The number of fused-ring (bicyclic) bond motifs is 1. The van der Waals surface area contributed by atoms with Crippen molar-refractivity contribution in [1.82, 2.24) is 4.90 Å². The van der Waals surface area contributed by atoms with Crippen LogP contribution in [0.3, 0.4) is 0 Å². The van der Waals surface area contributed by atoms with E-state index in [0.717, 1.165) is 6.42 Å². The van der Waals surface area contributed by atoms with Gasteiger partial charge < -0.3 is 14.4 Å². The third-order valence-electron chi connectivity index (χ3n) is 4.20. The molecule has 0 aliphatic carbocycles. The van der Waals surface area contributed by atoms with Gasteiger partial charge in [0.2, 0.25) is 0 Å². The molecule has 2 heterocycles. The number of rotatable bonds is 1. The van der Waals surface area contributed by atoms with Gasteiger partial charge in [-0.2, -0.15) is 0 Å². The SMILES string of the molecule is C[C@@H]1C[C@@]2(c3ccccc3)O[C@H]2CN1C(=O)OC(C)(C)C. The van der Waals surface area contributed by atoms with Gasteiger partial charge in [0.1, 0.15) is 17.3 Å². The number of epoxide rings is 1. The van der Waals surface area contributed by atoms with Gasteiger partial charge in [-0.1, -0.05) is 30.3 Å². The predicted molar refractivity (Wildman–Crippen MR) is 80.0 cm³/mol. The number of hydrogen-bond acceptors (Lipinski definition) is 3. The first-order valence-corrected chi connectivity index (χ1v) is 7.55. The Morgan fingerprint density at radius 1 is 1.33 bits per heavy atom. The Bertz CT molecular complexity index is 537. The Morgan fingerprint density at radius 3 is 2.62 bits per heavy atom. The number of nitrogens with zero attached hydrogens (tertiary/aromatic N) is 1. The number of benzene rings is 1. The molecule has 3 rings (SSSR count). The highest BCUT2D eigenvalue weighted by atomic mass is 16.6. The number of hydrogen-bond donors (Lipinski definition) is 0. The Kier molecular flexibility index (Phi) is 3.24. The summed E-state index contributed by atoms with van der Waals surface area (Å²) in [6.07, 6.45) is 0.664. The highest BCUT2D eigenvalue weighted by Gasteiger charge is 2.62. The predicted octanol–water partition coefficient (Wildman–Crippen LogP) is 3.31. The standard InChI is InChI=1S/C17H23NO3/c1-12-10-17(13-8-6-5-7-9-13)14(20-17)11-18(12)15(19)21-16(2,3)4/h5-9,12,14H,10-11H2,1-4H3/t12-,14+,17+/m1/s1. The van der Waals surface area contributed by atoms with E-state index in [1.807, 2.05) is 39.0 Å². The molecule has 0 unspecified atom stereocenters. The lowest BCUT2D eigenvalue weighted by Gasteiger charge is -2.36.